The summed E-state index contributed by atoms with van der Waals surface area (Å²) in [7, 11) is 0. The molecule has 3 heterocycles. The van der Waals surface area contributed by atoms with Crippen LogP contribution in [0.5, 0.6) is 0 Å². The van der Waals surface area contributed by atoms with Crippen LogP contribution in [0.1, 0.15) is 31.5 Å². The second-order valence-electron chi connectivity index (χ2n) is 5.16. The lowest BCUT2D eigenvalue weighted by atomic mass is 10.1. The van der Waals surface area contributed by atoms with Crippen LogP contribution < -0.4 is 0 Å². The van der Waals surface area contributed by atoms with Crippen molar-refractivity contribution >= 4 is 11.3 Å². The van der Waals surface area contributed by atoms with E-state index >= 15 is 0 Å². The molecule has 1 aliphatic rings. The molecule has 0 aromatic carbocycles. The molecule has 1 fully saturated rings. The highest BCUT2D eigenvalue weighted by Gasteiger charge is 2.25. The van der Waals surface area contributed by atoms with Gasteiger partial charge in [-0.1, -0.05) is 5.16 Å². The van der Waals surface area contributed by atoms with Crippen LogP contribution in [0.2, 0.25) is 0 Å². The first-order valence-electron chi connectivity index (χ1n) is 7.07. The van der Waals surface area contributed by atoms with Crippen molar-refractivity contribution in [3.63, 3.8) is 0 Å². The van der Waals surface area contributed by atoms with E-state index in [0.717, 1.165) is 37.3 Å². The zero-order valence-corrected chi connectivity index (χ0v) is 12.2. The first-order chi connectivity index (χ1) is 9.86. The smallest absolute Gasteiger partial charge is 0.258 e. The van der Waals surface area contributed by atoms with Gasteiger partial charge >= 0.3 is 0 Å². The predicted molar refractivity (Wildman–Crippen MR) is 77.4 cm³/mol. The van der Waals surface area contributed by atoms with E-state index in [1.54, 1.807) is 11.3 Å². The van der Waals surface area contributed by atoms with E-state index in [0.29, 0.717) is 11.9 Å². The fourth-order valence-electron chi connectivity index (χ4n) is 2.76. The standard InChI is InChI=1S/C14H19N3O2S/c18-7-2-4-12-3-1-6-17(12)9-13-15-14(19-16-13)11-5-8-20-10-11/h5,8,10,12,18H,1-4,6-7,9H2. The average Bonchev–Trinajstić information content (AvgIpc) is 3.18. The number of aliphatic hydroxyl groups is 1. The van der Waals surface area contributed by atoms with Crippen molar-refractivity contribution in [3.05, 3.63) is 22.7 Å². The number of nitrogens with zero attached hydrogens (tertiary/aromatic N) is 3. The molecule has 5 nitrogen and oxygen atoms in total. The van der Waals surface area contributed by atoms with E-state index in [1.807, 2.05) is 16.8 Å². The largest absolute Gasteiger partial charge is 0.396 e. The Morgan fingerprint density at radius 3 is 3.25 bits per heavy atom. The van der Waals surface area contributed by atoms with Gasteiger partial charge in [0.2, 0.25) is 0 Å². The zero-order valence-electron chi connectivity index (χ0n) is 11.4. The molecule has 2 aromatic heterocycles. The third kappa shape index (κ3) is 3.08. The van der Waals surface area contributed by atoms with Crippen LogP contribution in [0, 0.1) is 0 Å². The molecule has 1 atom stereocenters. The van der Waals surface area contributed by atoms with Gasteiger partial charge in [0.25, 0.3) is 5.89 Å². The summed E-state index contributed by atoms with van der Waals surface area (Å²) >= 11 is 1.62. The summed E-state index contributed by atoms with van der Waals surface area (Å²) in [6, 6.07) is 2.53. The second-order valence-corrected chi connectivity index (χ2v) is 5.94. The Labute approximate surface area is 122 Å². The van der Waals surface area contributed by atoms with Crippen molar-refractivity contribution < 1.29 is 9.63 Å². The highest BCUT2D eigenvalue weighted by molar-refractivity contribution is 7.08. The molecule has 3 rings (SSSR count). The Morgan fingerprint density at radius 1 is 1.50 bits per heavy atom. The molecule has 1 aliphatic heterocycles. The predicted octanol–water partition coefficient (Wildman–Crippen LogP) is 2.54. The molecule has 108 valence electrons. The zero-order chi connectivity index (χ0) is 13.8. The van der Waals surface area contributed by atoms with Gasteiger partial charge < -0.3 is 9.63 Å². The molecule has 0 saturated carbocycles. The number of hydrogen-bond donors (Lipinski definition) is 1. The SMILES string of the molecule is OCCCC1CCCN1Cc1noc(-c2ccsc2)n1. The lowest BCUT2D eigenvalue weighted by molar-refractivity contribution is 0.204. The van der Waals surface area contributed by atoms with Crippen molar-refractivity contribution in [2.75, 3.05) is 13.2 Å². The van der Waals surface area contributed by atoms with Crippen molar-refractivity contribution in [1.82, 2.24) is 15.0 Å². The van der Waals surface area contributed by atoms with Gasteiger partial charge in [-0.2, -0.15) is 16.3 Å². The number of thiophene rings is 1. The highest BCUT2D eigenvalue weighted by Crippen LogP contribution is 2.24. The fourth-order valence-corrected chi connectivity index (χ4v) is 3.39. The van der Waals surface area contributed by atoms with E-state index in [1.165, 1.54) is 12.8 Å². The Hall–Kier alpha value is -1.24. The van der Waals surface area contributed by atoms with E-state index in [9.17, 15) is 0 Å². The molecular weight excluding hydrogens is 274 g/mol. The van der Waals surface area contributed by atoms with Crippen molar-refractivity contribution in [3.8, 4) is 11.5 Å². The Kier molecular flexibility index (Phi) is 4.44. The Morgan fingerprint density at radius 2 is 2.45 bits per heavy atom. The number of rotatable bonds is 6. The van der Waals surface area contributed by atoms with Gasteiger partial charge in [-0.25, -0.2) is 0 Å². The van der Waals surface area contributed by atoms with E-state index in [4.69, 9.17) is 9.63 Å². The maximum absolute atomic E-state index is 8.95. The van der Waals surface area contributed by atoms with E-state index in [2.05, 4.69) is 15.0 Å². The molecule has 6 heteroatoms. The van der Waals surface area contributed by atoms with Gasteiger partial charge in [-0.05, 0) is 43.7 Å². The monoisotopic (exact) mass is 293 g/mol. The fraction of sp³-hybridized carbons (Fsp3) is 0.571. The molecule has 1 unspecified atom stereocenters. The third-order valence-electron chi connectivity index (χ3n) is 3.78. The van der Waals surface area contributed by atoms with Crippen LogP contribution >= 0.6 is 11.3 Å². The lowest BCUT2D eigenvalue weighted by Crippen LogP contribution is -2.29. The van der Waals surface area contributed by atoms with Gasteiger partial charge in [-0.3, -0.25) is 4.90 Å². The van der Waals surface area contributed by atoms with Crippen LogP contribution in [0.15, 0.2) is 21.3 Å². The summed E-state index contributed by atoms with van der Waals surface area (Å²) in [4.78, 5) is 6.87. The summed E-state index contributed by atoms with van der Waals surface area (Å²) in [5.74, 6) is 1.36. The molecule has 0 amide bonds. The minimum Gasteiger partial charge on any atom is -0.396 e. The minimum atomic E-state index is 0.273. The molecule has 20 heavy (non-hydrogen) atoms. The molecular formula is C14H19N3O2S. The van der Waals surface area contributed by atoms with Crippen molar-refractivity contribution in [2.45, 2.75) is 38.3 Å². The molecule has 2 aromatic rings. The van der Waals surface area contributed by atoms with Crippen LogP contribution in [0.3, 0.4) is 0 Å². The number of hydrogen-bond acceptors (Lipinski definition) is 6. The average molecular weight is 293 g/mol. The molecule has 1 saturated heterocycles. The van der Waals surface area contributed by atoms with Crippen LogP contribution in [0.25, 0.3) is 11.5 Å². The molecule has 1 N–H and O–H groups in total. The summed E-state index contributed by atoms with van der Waals surface area (Å²) in [6.07, 6.45) is 4.33. The quantitative estimate of drug-likeness (QED) is 0.886. The first kappa shape index (κ1) is 13.7. The topological polar surface area (TPSA) is 62.4 Å². The van der Waals surface area contributed by atoms with Gasteiger partial charge in [-0.15, -0.1) is 0 Å². The second kappa shape index (κ2) is 6.47. The van der Waals surface area contributed by atoms with Crippen molar-refractivity contribution in [1.29, 1.82) is 0 Å². The summed E-state index contributed by atoms with van der Waals surface area (Å²) in [6.45, 7) is 2.09. The number of aromatic nitrogens is 2. The third-order valence-corrected chi connectivity index (χ3v) is 4.46. The van der Waals surface area contributed by atoms with Crippen LogP contribution in [-0.4, -0.2) is 39.3 Å². The Balaban J connectivity index is 1.62. The summed E-state index contributed by atoms with van der Waals surface area (Å²) in [5.41, 5.74) is 0.993. The van der Waals surface area contributed by atoms with Gasteiger partial charge in [0.05, 0.1) is 12.1 Å². The maximum atomic E-state index is 8.95. The van der Waals surface area contributed by atoms with Crippen LogP contribution in [0.4, 0.5) is 0 Å². The normalized spacial score (nSPS) is 19.8. The van der Waals surface area contributed by atoms with Crippen molar-refractivity contribution in [2.24, 2.45) is 0 Å². The van der Waals surface area contributed by atoms with E-state index < -0.39 is 0 Å². The highest BCUT2D eigenvalue weighted by atomic mass is 32.1. The van der Waals surface area contributed by atoms with E-state index in [-0.39, 0.29) is 6.61 Å². The number of aliphatic hydroxyl groups excluding tert-OH is 1. The van der Waals surface area contributed by atoms with Gasteiger partial charge in [0.1, 0.15) is 0 Å². The Bertz CT molecular complexity index is 526. The van der Waals surface area contributed by atoms with Gasteiger partial charge in [0, 0.05) is 18.0 Å². The minimum absolute atomic E-state index is 0.273. The molecule has 0 radical (unpaired) electrons. The molecule has 0 spiro atoms. The summed E-state index contributed by atoms with van der Waals surface area (Å²) in [5, 5.41) is 17.0. The molecule has 0 aliphatic carbocycles. The molecule has 0 bridgehead atoms. The number of likely N-dealkylation sites (tertiary alicyclic amines) is 1. The summed E-state index contributed by atoms with van der Waals surface area (Å²) < 4.78 is 5.31. The lowest BCUT2D eigenvalue weighted by Gasteiger charge is -2.22. The van der Waals surface area contributed by atoms with Gasteiger partial charge in [0.15, 0.2) is 5.82 Å². The first-order valence-corrected chi connectivity index (χ1v) is 8.01. The van der Waals surface area contributed by atoms with Crippen LogP contribution in [-0.2, 0) is 6.54 Å². The maximum Gasteiger partial charge on any atom is 0.258 e.